The maximum atomic E-state index is 14.4. The van der Waals surface area contributed by atoms with Crippen molar-refractivity contribution in [2.24, 2.45) is 49.7 Å². The predicted molar refractivity (Wildman–Crippen MR) is 187 cm³/mol. The van der Waals surface area contributed by atoms with E-state index in [0.717, 1.165) is 25.7 Å². The number of ether oxygens (including phenoxy) is 3. The first-order valence-electron chi connectivity index (χ1n) is 18.4. The molecule has 1 N–H and O–H groups in total. The number of nitriles is 1. The third-order valence-corrected chi connectivity index (χ3v) is 13.4. The van der Waals surface area contributed by atoms with Crippen LogP contribution in [0.15, 0.2) is 0 Å². The van der Waals surface area contributed by atoms with Gasteiger partial charge in [-0.15, -0.1) is 0 Å². The molecule has 0 aromatic heterocycles. The van der Waals surface area contributed by atoms with Crippen molar-refractivity contribution >= 4 is 29.8 Å². The van der Waals surface area contributed by atoms with Gasteiger partial charge in [0, 0.05) is 5.41 Å². The number of aliphatic carboxylic acids is 1. The van der Waals surface area contributed by atoms with Crippen molar-refractivity contribution in [2.45, 2.75) is 166 Å². The molecule has 4 aliphatic rings. The molecule has 0 radical (unpaired) electrons. The third kappa shape index (κ3) is 7.92. The van der Waals surface area contributed by atoms with Crippen LogP contribution in [0.4, 0.5) is 0 Å². The van der Waals surface area contributed by atoms with Crippen molar-refractivity contribution in [3.05, 3.63) is 0 Å². The van der Waals surface area contributed by atoms with Gasteiger partial charge in [0.25, 0.3) is 0 Å². The summed E-state index contributed by atoms with van der Waals surface area (Å²) in [6, 6.07) is 2.24. The van der Waals surface area contributed by atoms with Crippen LogP contribution in [0.2, 0.25) is 0 Å². The Morgan fingerprint density at radius 2 is 1.58 bits per heavy atom. The molecule has 2 bridgehead atoms. The number of hydrogen-bond acceptors (Lipinski definition) is 9. The van der Waals surface area contributed by atoms with Crippen LogP contribution in [0.3, 0.4) is 0 Å². The van der Waals surface area contributed by atoms with Crippen LogP contribution in [0.25, 0.3) is 0 Å². The van der Waals surface area contributed by atoms with Crippen LogP contribution in [-0.4, -0.2) is 46.7 Å². The molecule has 1 saturated heterocycles. The Morgan fingerprint density at radius 1 is 0.980 bits per heavy atom. The van der Waals surface area contributed by atoms with Crippen LogP contribution in [0.5, 0.6) is 0 Å². The summed E-state index contributed by atoms with van der Waals surface area (Å²) < 4.78 is 17.4. The highest BCUT2D eigenvalue weighted by atomic mass is 16.6. The van der Waals surface area contributed by atoms with Crippen LogP contribution in [0.1, 0.15) is 154 Å². The molecule has 3 aliphatic carbocycles. The van der Waals surface area contributed by atoms with Gasteiger partial charge in [-0.3, -0.25) is 24.0 Å². The van der Waals surface area contributed by atoms with E-state index in [-0.39, 0.29) is 61.4 Å². The molecule has 0 amide bonds. The lowest BCUT2D eigenvalue weighted by Crippen LogP contribution is -2.56. The van der Waals surface area contributed by atoms with Crippen molar-refractivity contribution in [3.8, 4) is 6.07 Å². The summed E-state index contributed by atoms with van der Waals surface area (Å²) >= 11 is 0. The Balaban J connectivity index is 2.00. The predicted octanol–water partition coefficient (Wildman–Crippen LogP) is 8.20. The first-order valence-corrected chi connectivity index (χ1v) is 18.4. The maximum absolute atomic E-state index is 14.4. The first-order chi connectivity index (χ1) is 22.5. The molecule has 1 heterocycles. The highest BCUT2D eigenvalue weighted by Gasteiger charge is 2.59. The molecule has 50 heavy (non-hydrogen) atoms. The molecule has 1 aliphatic heterocycles. The maximum Gasteiger partial charge on any atom is 0.320 e. The number of carboxylic acids is 1. The van der Waals surface area contributed by atoms with Gasteiger partial charge in [0.05, 0.1) is 39.6 Å². The number of carboxylic acid groups (broad SMARTS) is 1. The average molecular weight is 702 g/mol. The second-order valence-corrected chi connectivity index (χ2v) is 19.4. The van der Waals surface area contributed by atoms with E-state index in [1.165, 1.54) is 6.92 Å². The van der Waals surface area contributed by atoms with Crippen LogP contribution in [0, 0.1) is 61.1 Å². The minimum atomic E-state index is -1.68. The minimum absolute atomic E-state index is 0.000419. The molecule has 3 saturated carbocycles. The molecule has 0 aromatic rings. The van der Waals surface area contributed by atoms with Crippen molar-refractivity contribution in [3.63, 3.8) is 0 Å². The first kappa shape index (κ1) is 41.5. The number of nitrogens with zero attached hydrogens (tertiary/aromatic N) is 1. The summed E-state index contributed by atoms with van der Waals surface area (Å²) in [7, 11) is 0. The fraction of sp³-hybridized carbons (Fsp3) is 0.850. The number of carbonyl (C=O) groups is 5. The largest absolute Gasteiger partial charge is 0.481 e. The number of hydrogen-bond donors (Lipinski definition) is 1. The van der Waals surface area contributed by atoms with Crippen molar-refractivity contribution in [2.75, 3.05) is 0 Å². The Labute approximate surface area is 299 Å². The van der Waals surface area contributed by atoms with Gasteiger partial charge in [-0.2, -0.15) is 5.26 Å². The van der Waals surface area contributed by atoms with Crippen molar-refractivity contribution in [1.29, 1.82) is 5.26 Å². The summed E-state index contributed by atoms with van der Waals surface area (Å²) in [4.78, 5) is 66.7. The summed E-state index contributed by atoms with van der Waals surface area (Å²) in [6.45, 7) is 24.0. The van der Waals surface area contributed by atoms with Gasteiger partial charge in [-0.05, 0) is 124 Å². The Hall–Kier alpha value is -2.96. The lowest BCUT2D eigenvalue weighted by molar-refractivity contribution is -0.199. The monoisotopic (exact) mass is 701 g/mol. The van der Waals surface area contributed by atoms with Crippen LogP contribution < -0.4 is 0 Å². The number of carbonyl (C=O) groups excluding carboxylic acids is 4. The zero-order valence-electron chi connectivity index (χ0n) is 33.0. The molecular formula is C40H63NO9. The standard InChI is InChI=1S/C40H63NO9/c1-14-40(19-28(42)49-32(40)47)22-36(10,24-41)21-37(11,29(43)44)23-38(12,31(46)50-35(8,9)25(2)3)20-33(4,5)30(45)48-27-17-26-15-16-39(27,13)34(6,7)18-26/h25-27H,14-23H2,1-13H3,(H,43,44). The van der Waals surface area contributed by atoms with E-state index in [2.05, 4.69) is 26.8 Å². The quantitative estimate of drug-likeness (QED) is 0.100. The Bertz CT molecular complexity index is 1420. The molecular weight excluding hydrogens is 638 g/mol. The SMILES string of the molecule is CCC1(CC(C)(C#N)CC(C)(CC(C)(CC(C)(C)C(=O)OC2CC3CCC2(C)C(C)(C)C3)C(=O)OC(C)(C)C(C)C)C(=O)O)CC(=O)OC1=O. The lowest BCUT2D eigenvalue weighted by Gasteiger charge is -2.59. The molecule has 4 rings (SSSR count). The zero-order chi connectivity index (χ0) is 38.5. The molecule has 7 unspecified atom stereocenters. The summed E-state index contributed by atoms with van der Waals surface area (Å²) in [5.41, 5.74) is -8.10. The van der Waals surface area contributed by atoms with Gasteiger partial charge in [0.15, 0.2) is 0 Å². The van der Waals surface area contributed by atoms with Gasteiger partial charge < -0.3 is 19.3 Å². The highest BCUT2D eigenvalue weighted by molar-refractivity contribution is 5.97. The highest BCUT2D eigenvalue weighted by Crippen LogP contribution is 2.61. The van der Waals surface area contributed by atoms with Gasteiger partial charge in [-0.25, -0.2) is 0 Å². The van der Waals surface area contributed by atoms with E-state index in [9.17, 15) is 34.3 Å². The molecule has 10 nitrogen and oxygen atoms in total. The topological polar surface area (TPSA) is 157 Å². The normalized spacial score (nSPS) is 30.0. The summed E-state index contributed by atoms with van der Waals surface area (Å²) in [5.74, 6) is -3.28. The van der Waals surface area contributed by atoms with E-state index in [1.807, 2.05) is 13.8 Å². The van der Waals surface area contributed by atoms with E-state index in [0.29, 0.717) is 5.92 Å². The van der Waals surface area contributed by atoms with Crippen molar-refractivity contribution < 1.29 is 43.3 Å². The summed E-state index contributed by atoms with van der Waals surface area (Å²) in [6.07, 6.45) is 3.11. The fourth-order valence-electron chi connectivity index (χ4n) is 9.41. The summed E-state index contributed by atoms with van der Waals surface area (Å²) in [5, 5.41) is 21.3. The minimum Gasteiger partial charge on any atom is -0.481 e. The molecule has 0 spiro atoms. The van der Waals surface area contributed by atoms with Crippen LogP contribution in [-0.2, 0) is 38.2 Å². The third-order valence-electron chi connectivity index (χ3n) is 13.4. The van der Waals surface area contributed by atoms with E-state index >= 15 is 0 Å². The fourth-order valence-corrected chi connectivity index (χ4v) is 9.41. The molecule has 282 valence electrons. The second-order valence-electron chi connectivity index (χ2n) is 19.4. The average Bonchev–Trinajstić information content (AvgIpc) is 3.24. The smallest absolute Gasteiger partial charge is 0.320 e. The number of rotatable bonds is 15. The van der Waals surface area contributed by atoms with Gasteiger partial charge in [-0.1, -0.05) is 41.5 Å². The molecule has 4 fully saturated rings. The molecule has 10 heteroatoms. The number of fused-ring (bicyclic) bond motifs is 3. The zero-order valence-corrected chi connectivity index (χ0v) is 33.0. The van der Waals surface area contributed by atoms with E-state index in [1.54, 1.807) is 48.5 Å². The Kier molecular flexibility index (Phi) is 11.2. The Morgan fingerprint density at radius 3 is 2.04 bits per heavy atom. The van der Waals surface area contributed by atoms with Gasteiger partial charge in [0.1, 0.15) is 11.7 Å². The van der Waals surface area contributed by atoms with Crippen LogP contribution >= 0.6 is 0 Å². The number of cyclic esters (lactones) is 2. The van der Waals surface area contributed by atoms with Gasteiger partial charge in [0.2, 0.25) is 0 Å². The van der Waals surface area contributed by atoms with Gasteiger partial charge >= 0.3 is 29.8 Å². The van der Waals surface area contributed by atoms with E-state index < -0.39 is 62.5 Å². The van der Waals surface area contributed by atoms with Crippen molar-refractivity contribution in [1.82, 2.24) is 0 Å². The second kappa shape index (κ2) is 13.5. The molecule has 0 aromatic carbocycles. The lowest BCUT2D eigenvalue weighted by atomic mass is 9.48. The molecule has 7 atom stereocenters. The van der Waals surface area contributed by atoms with E-state index in [4.69, 9.17) is 14.2 Å². The number of esters is 4.